The lowest BCUT2D eigenvalue weighted by Gasteiger charge is -2.32. The number of halogens is 1. The molecule has 0 amide bonds. The van der Waals surface area contributed by atoms with E-state index in [9.17, 15) is 5.11 Å². The van der Waals surface area contributed by atoms with Gasteiger partial charge < -0.3 is 14.7 Å². The highest BCUT2D eigenvalue weighted by Crippen LogP contribution is 2.45. The van der Waals surface area contributed by atoms with Crippen LogP contribution in [0.15, 0.2) is 42.9 Å². The first-order chi connectivity index (χ1) is 16.8. The average molecular weight is 527 g/mol. The standard InChI is InChI=1S/C26H31ClN4O2SSi/c1-35(2,3)10-9-33-17-30-15-20(14-29-30)31-8-4-5-18-11-19(27)12-23(25(18)31)22-6-7-28-24-13-21(16-32)34-26(22)24/h6-7,11-15,32H,4-5,8-10,16-17H2,1-3H3. The number of aromatic nitrogens is 3. The summed E-state index contributed by atoms with van der Waals surface area (Å²) in [5.41, 5.74) is 6.54. The largest absolute Gasteiger partial charge is 0.391 e. The Hall–Kier alpha value is -2.23. The Bertz CT molecular complexity index is 1350. The summed E-state index contributed by atoms with van der Waals surface area (Å²) in [6.07, 6.45) is 7.85. The summed E-state index contributed by atoms with van der Waals surface area (Å²) in [5.74, 6) is 0. The van der Waals surface area contributed by atoms with Gasteiger partial charge in [-0.3, -0.25) is 4.98 Å². The van der Waals surface area contributed by atoms with Crippen LogP contribution in [-0.4, -0.2) is 41.1 Å². The number of aryl methyl sites for hydroxylation is 1. The molecule has 0 saturated heterocycles. The molecule has 5 rings (SSSR count). The highest BCUT2D eigenvalue weighted by atomic mass is 35.5. The lowest BCUT2D eigenvalue weighted by atomic mass is 9.93. The van der Waals surface area contributed by atoms with Crippen LogP contribution >= 0.6 is 22.9 Å². The number of hydrogen-bond acceptors (Lipinski definition) is 6. The number of hydrogen-bond donors (Lipinski definition) is 1. The van der Waals surface area contributed by atoms with E-state index >= 15 is 0 Å². The Balaban J connectivity index is 1.50. The second-order valence-corrected chi connectivity index (χ2v) is 17.4. The number of ether oxygens (including phenoxy) is 1. The number of nitrogens with zero attached hydrogens (tertiary/aromatic N) is 4. The van der Waals surface area contributed by atoms with E-state index in [0.717, 1.165) is 69.0 Å². The Morgan fingerprint density at radius 1 is 1.20 bits per heavy atom. The summed E-state index contributed by atoms with van der Waals surface area (Å²) in [4.78, 5) is 7.79. The van der Waals surface area contributed by atoms with Crippen molar-refractivity contribution in [2.45, 2.75) is 51.9 Å². The van der Waals surface area contributed by atoms with Gasteiger partial charge in [0.1, 0.15) is 6.73 Å². The van der Waals surface area contributed by atoms with Crippen molar-refractivity contribution in [3.63, 3.8) is 0 Å². The highest BCUT2D eigenvalue weighted by molar-refractivity contribution is 7.19. The normalized spacial score (nSPS) is 14.0. The number of rotatable bonds is 8. The van der Waals surface area contributed by atoms with E-state index in [1.54, 1.807) is 11.3 Å². The number of fused-ring (bicyclic) bond motifs is 2. The first kappa shape index (κ1) is 24.5. The topological polar surface area (TPSA) is 63.4 Å². The minimum Gasteiger partial charge on any atom is -0.391 e. The van der Waals surface area contributed by atoms with Gasteiger partial charge in [-0.2, -0.15) is 5.10 Å². The van der Waals surface area contributed by atoms with Gasteiger partial charge in [-0.25, -0.2) is 4.68 Å². The molecule has 0 fully saturated rings. The van der Waals surface area contributed by atoms with E-state index in [1.807, 2.05) is 23.1 Å². The summed E-state index contributed by atoms with van der Waals surface area (Å²) >= 11 is 8.20. The lowest BCUT2D eigenvalue weighted by Crippen LogP contribution is -2.25. The molecule has 1 N–H and O–H groups in total. The molecule has 3 aromatic heterocycles. The third-order valence-corrected chi connectivity index (χ3v) is 9.38. The summed E-state index contributed by atoms with van der Waals surface area (Å²) in [7, 11) is -1.11. The van der Waals surface area contributed by atoms with Crippen LogP contribution in [0.5, 0.6) is 0 Å². The van der Waals surface area contributed by atoms with Crippen molar-refractivity contribution >= 4 is 52.6 Å². The minimum atomic E-state index is -1.11. The molecule has 0 saturated carbocycles. The van der Waals surface area contributed by atoms with Crippen molar-refractivity contribution in [3.8, 4) is 11.1 Å². The van der Waals surface area contributed by atoms with Crippen LogP contribution in [0.1, 0.15) is 16.9 Å². The van der Waals surface area contributed by atoms with Crippen molar-refractivity contribution in [2.24, 2.45) is 0 Å². The first-order valence-electron chi connectivity index (χ1n) is 12.0. The lowest BCUT2D eigenvalue weighted by molar-refractivity contribution is 0.0786. The minimum absolute atomic E-state index is 0.0133. The number of aliphatic hydroxyl groups is 1. The molecule has 0 radical (unpaired) electrons. The summed E-state index contributed by atoms with van der Waals surface area (Å²) < 4.78 is 8.85. The zero-order valence-corrected chi connectivity index (χ0v) is 23.0. The maximum atomic E-state index is 9.68. The van der Waals surface area contributed by atoms with Crippen LogP contribution in [0.2, 0.25) is 30.7 Å². The van der Waals surface area contributed by atoms with Gasteiger partial charge in [0.05, 0.1) is 40.6 Å². The third-order valence-electron chi connectivity index (χ3n) is 6.31. The molecular weight excluding hydrogens is 496 g/mol. The summed E-state index contributed by atoms with van der Waals surface area (Å²) in [6.45, 7) is 9.23. The number of anilines is 2. The van der Waals surface area contributed by atoms with Crippen molar-refractivity contribution < 1.29 is 9.84 Å². The molecular formula is C26H31ClN4O2SSi. The van der Waals surface area contributed by atoms with Gasteiger partial charge in [0.2, 0.25) is 0 Å². The smallest absolute Gasteiger partial charge is 0.139 e. The molecule has 0 bridgehead atoms. The number of aliphatic hydroxyl groups excluding tert-OH is 1. The fourth-order valence-corrected chi connectivity index (χ4v) is 6.54. The van der Waals surface area contributed by atoms with Crippen molar-refractivity contribution in [3.05, 3.63) is 58.3 Å². The first-order valence-corrected chi connectivity index (χ1v) is 16.9. The highest BCUT2D eigenvalue weighted by Gasteiger charge is 2.25. The number of pyridine rings is 1. The summed E-state index contributed by atoms with van der Waals surface area (Å²) in [5, 5.41) is 15.0. The van der Waals surface area contributed by atoms with Crippen molar-refractivity contribution in [1.29, 1.82) is 0 Å². The molecule has 184 valence electrons. The number of thiophene rings is 1. The molecule has 1 aromatic carbocycles. The molecule has 0 aliphatic carbocycles. The van der Waals surface area contributed by atoms with Crippen LogP contribution < -0.4 is 4.90 Å². The fraction of sp³-hybridized carbons (Fsp3) is 0.385. The van der Waals surface area contributed by atoms with E-state index in [0.29, 0.717) is 6.73 Å². The molecule has 9 heteroatoms. The monoisotopic (exact) mass is 526 g/mol. The van der Waals surface area contributed by atoms with E-state index in [4.69, 9.17) is 16.3 Å². The average Bonchev–Trinajstić information content (AvgIpc) is 3.47. The van der Waals surface area contributed by atoms with Crippen LogP contribution in [0, 0.1) is 0 Å². The second-order valence-electron chi connectivity index (χ2n) is 10.2. The van der Waals surface area contributed by atoms with Crippen molar-refractivity contribution in [1.82, 2.24) is 14.8 Å². The van der Waals surface area contributed by atoms with Crippen LogP contribution in [0.3, 0.4) is 0 Å². The van der Waals surface area contributed by atoms with Gasteiger partial charge >= 0.3 is 0 Å². The number of benzene rings is 1. The molecule has 6 nitrogen and oxygen atoms in total. The van der Waals surface area contributed by atoms with Crippen molar-refractivity contribution in [2.75, 3.05) is 18.1 Å². The maximum absolute atomic E-state index is 9.68. The van der Waals surface area contributed by atoms with E-state index < -0.39 is 8.07 Å². The van der Waals surface area contributed by atoms with Gasteiger partial charge in [-0.1, -0.05) is 31.2 Å². The molecule has 1 aliphatic heterocycles. The molecule has 1 aliphatic rings. The van der Waals surface area contributed by atoms with E-state index in [1.165, 1.54) is 11.3 Å². The molecule has 35 heavy (non-hydrogen) atoms. The van der Waals surface area contributed by atoms with Gasteiger partial charge in [0.15, 0.2) is 0 Å². The fourth-order valence-electron chi connectivity index (χ4n) is 4.54. The Labute approximate surface area is 216 Å². The second kappa shape index (κ2) is 10.0. The van der Waals surface area contributed by atoms with Crippen LogP contribution in [-0.2, 0) is 24.5 Å². The predicted molar refractivity (Wildman–Crippen MR) is 148 cm³/mol. The molecule has 4 heterocycles. The van der Waals surface area contributed by atoms with Crippen LogP contribution in [0.25, 0.3) is 21.3 Å². The molecule has 4 aromatic rings. The summed E-state index contributed by atoms with van der Waals surface area (Å²) in [6, 6.07) is 9.29. The zero-order valence-electron chi connectivity index (χ0n) is 20.4. The zero-order chi connectivity index (χ0) is 24.6. The van der Waals surface area contributed by atoms with E-state index in [-0.39, 0.29) is 6.61 Å². The van der Waals surface area contributed by atoms with E-state index in [2.05, 4.69) is 59.0 Å². The Kier molecular flexibility index (Phi) is 7.01. The Morgan fingerprint density at radius 3 is 2.86 bits per heavy atom. The molecule has 0 atom stereocenters. The van der Waals surface area contributed by atoms with Gasteiger partial charge in [-0.05, 0) is 48.7 Å². The quantitative estimate of drug-likeness (QED) is 0.204. The van der Waals surface area contributed by atoms with Gasteiger partial charge in [0.25, 0.3) is 0 Å². The Morgan fingerprint density at radius 2 is 2.06 bits per heavy atom. The molecule has 0 unspecified atom stereocenters. The third kappa shape index (κ3) is 5.32. The SMILES string of the molecule is C[Si](C)(C)CCOCn1cc(N2CCCc3cc(Cl)cc(-c4ccnc5cc(CO)sc45)c32)cn1. The maximum Gasteiger partial charge on any atom is 0.139 e. The molecule has 0 spiro atoms. The van der Waals surface area contributed by atoms with Gasteiger partial charge in [0, 0.05) is 48.4 Å². The van der Waals surface area contributed by atoms with Crippen LogP contribution in [0.4, 0.5) is 11.4 Å². The predicted octanol–water partition coefficient (Wildman–Crippen LogP) is 6.70. The van der Waals surface area contributed by atoms with Gasteiger partial charge in [-0.15, -0.1) is 11.3 Å².